The quantitative estimate of drug-likeness (QED) is 0.280. The summed E-state index contributed by atoms with van der Waals surface area (Å²) in [5.41, 5.74) is -2.01. The Hall–Kier alpha value is -3.00. The van der Waals surface area contributed by atoms with E-state index in [-0.39, 0.29) is 63.0 Å². The van der Waals surface area contributed by atoms with Crippen molar-refractivity contribution in [1.29, 1.82) is 0 Å². The van der Waals surface area contributed by atoms with Crippen LogP contribution in [0.4, 0.5) is 26.3 Å². The molecule has 7 nitrogen and oxygen atoms in total. The number of H-pyrrole nitrogens is 1. The number of para-hydroxylation sites is 1. The number of aromatic amines is 1. The number of carbonyl (C=O) groups excluding carboxylic acids is 2. The molecule has 3 aliphatic heterocycles. The van der Waals surface area contributed by atoms with Crippen molar-refractivity contribution in [2.45, 2.75) is 63.0 Å². The number of piperazine rings is 1. The van der Waals surface area contributed by atoms with Gasteiger partial charge in [-0.15, -0.1) is 24.8 Å². The molecule has 1 unspecified atom stereocenters. The smallest absolute Gasteiger partial charge is 0.361 e. The monoisotopic (exact) mass is 735 g/mol. The molecule has 1 N–H and O–H groups in total. The van der Waals surface area contributed by atoms with Gasteiger partial charge in [-0.1, -0.05) is 24.6 Å². The summed E-state index contributed by atoms with van der Waals surface area (Å²) in [5.74, 6) is -0.919. The summed E-state index contributed by atoms with van der Waals surface area (Å²) < 4.78 is 81.7. The third kappa shape index (κ3) is 9.03. The number of carbonyl (C=O) groups is 2. The zero-order valence-electron chi connectivity index (χ0n) is 26.9. The minimum atomic E-state index is -5.07. The lowest BCUT2D eigenvalue weighted by molar-refractivity contribution is -0.143. The van der Waals surface area contributed by atoms with Crippen LogP contribution in [-0.4, -0.2) is 101 Å². The Morgan fingerprint density at radius 1 is 0.796 bits per heavy atom. The normalized spacial score (nSPS) is 20.2. The van der Waals surface area contributed by atoms with Crippen molar-refractivity contribution in [2.75, 3.05) is 52.4 Å². The van der Waals surface area contributed by atoms with Gasteiger partial charge < -0.3 is 19.7 Å². The van der Waals surface area contributed by atoms with Crippen molar-refractivity contribution in [3.05, 3.63) is 70.9 Å². The van der Waals surface area contributed by atoms with Gasteiger partial charge >= 0.3 is 12.4 Å². The van der Waals surface area contributed by atoms with Crippen molar-refractivity contribution < 1.29 is 35.9 Å². The number of nitrogens with one attached hydrogen (secondary N) is 1. The zero-order chi connectivity index (χ0) is 33.3. The largest absolute Gasteiger partial charge is 0.416 e. The molecule has 0 saturated carbocycles. The number of piperidine rings is 2. The molecule has 3 aromatic rings. The number of fused-ring (bicyclic) bond motifs is 1. The molecular formula is C34H41Cl2F6N5O2. The van der Waals surface area contributed by atoms with Gasteiger partial charge in [0.25, 0.3) is 5.91 Å². The molecule has 3 aliphatic rings. The van der Waals surface area contributed by atoms with Crippen molar-refractivity contribution >= 4 is 47.5 Å². The molecule has 49 heavy (non-hydrogen) atoms. The minimum Gasteiger partial charge on any atom is -0.361 e. The van der Waals surface area contributed by atoms with Gasteiger partial charge in [-0.05, 0) is 75.0 Å². The molecule has 15 heteroatoms. The third-order valence-corrected chi connectivity index (χ3v) is 9.88. The van der Waals surface area contributed by atoms with Crippen LogP contribution in [0, 0.1) is 0 Å². The van der Waals surface area contributed by atoms with Crippen LogP contribution < -0.4 is 0 Å². The van der Waals surface area contributed by atoms with Gasteiger partial charge in [0, 0.05) is 67.5 Å². The number of aromatic nitrogens is 1. The Balaban J connectivity index is 0.00000270. The first-order valence-corrected chi connectivity index (χ1v) is 16.3. The van der Waals surface area contributed by atoms with E-state index < -0.39 is 41.0 Å². The van der Waals surface area contributed by atoms with Crippen molar-refractivity contribution in [2.24, 2.45) is 0 Å². The van der Waals surface area contributed by atoms with E-state index in [1.54, 1.807) is 6.20 Å². The number of nitrogens with zero attached hydrogens (tertiary/aromatic N) is 4. The molecule has 0 bridgehead atoms. The van der Waals surface area contributed by atoms with Gasteiger partial charge in [0.15, 0.2) is 0 Å². The number of likely N-dealkylation sites (tertiary alicyclic amines) is 2. The Morgan fingerprint density at radius 2 is 1.43 bits per heavy atom. The van der Waals surface area contributed by atoms with E-state index >= 15 is 0 Å². The number of hydrogen-bond acceptors (Lipinski definition) is 4. The first-order valence-electron chi connectivity index (χ1n) is 16.3. The second kappa shape index (κ2) is 15.9. The van der Waals surface area contributed by atoms with E-state index in [2.05, 4.69) is 9.88 Å². The van der Waals surface area contributed by atoms with E-state index in [4.69, 9.17) is 0 Å². The summed E-state index contributed by atoms with van der Waals surface area (Å²) in [5, 5.41) is 0.906. The molecule has 270 valence electrons. The SMILES string of the molecule is Cl.Cl.O=C(CN1CCN(C(=O)c2cc(C(F)(F)F)cc(C(F)(F)F)c2)C(Cc2c[nH]c3ccccc23)C1)N1CCC(N2CCCCC2)CC1. The molecule has 0 spiro atoms. The average molecular weight is 737 g/mol. The van der Waals surface area contributed by atoms with Gasteiger partial charge in [-0.25, -0.2) is 0 Å². The lowest BCUT2D eigenvalue weighted by Gasteiger charge is -2.43. The lowest BCUT2D eigenvalue weighted by atomic mass is 9.98. The van der Waals surface area contributed by atoms with Gasteiger partial charge in [-0.3, -0.25) is 14.5 Å². The summed E-state index contributed by atoms with van der Waals surface area (Å²) in [6.45, 7) is 4.25. The van der Waals surface area contributed by atoms with Crippen molar-refractivity contribution in [3.8, 4) is 0 Å². The Bertz CT molecular complexity index is 1550. The maximum Gasteiger partial charge on any atom is 0.416 e. The van der Waals surface area contributed by atoms with Gasteiger partial charge in [-0.2, -0.15) is 26.3 Å². The highest BCUT2D eigenvalue weighted by molar-refractivity contribution is 5.95. The molecule has 3 saturated heterocycles. The minimum absolute atomic E-state index is 0. The molecule has 3 fully saturated rings. The highest BCUT2D eigenvalue weighted by Gasteiger charge is 2.40. The highest BCUT2D eigenvalue weighted by atomic mass is 35.5. The van der Waals surface area contributed by atoms with E-state index in [0.717, 1.165) is 42.4 Å². The number of halogens is 8. The van der Waals surface area contributed by atoms with E-state index in [9.17, 15) is 35.9 Å². The molecule has 1 aromatic heterocycles. The van der Waals surface area contributed by atoms with Gasteiger partial charge in [0.1, 0.15) is 0 Å². The maximum absolute atomic E-state index is 13.8. The number of amides is 2. The molecule has 0 aliphatic carbocycles. The first-order chi connectivity index (χ1) is 22.4. The van der Waals surface area contributed by atoms with Crippen LogP contribution in [0.3, 0.4) is 0 Å². The molecule has 6 rings (SSSR count). The highest BCUT2D eigenvalue weighted by Crippen LogP contribution is 2.37. The zero-order valence-corrected chi connectivity index (χ0v) is 28.5. The fourth-order valence-corrected chi connectivity index (χ4v) is 7.36. The van der Waals surface area contributed by atoms with E-state index in [1.165, 1.54) is 24.2 Å². The van der Waals surface area contributed by atoms with Crippen LogP contribution in [0.25, 0.3) is 10.9 Å². The molecule has 1 atom stereocenters. The van der Waals surface area contributed by atoms with Crippen LogP contribution >= 0.6 is 24.8 Å². The van der Waals surface area contributed by atoms with Crippen molar-refractivity contribution in [1.82, 2.24) is 24.6 Å². The number of hydrogen-bond donors (Lipinski definition) is 1. The second-order valence-electron chi connectivity index (χ2n) is 13.0. The Morgan fingerprint density at radius 3 is 2.06 bits per heavy atom. The Kier molecular flexibility index (Phi) is 12.6. The number of benzene rings is 2. The molecule has 0 radical (unpaired) electrons. The Labute approximate surface area is 293 Å². The van der Waals surface area contributed by atoms with Crippen LogP contribution in [0.1, 0.15) is 59.2 Å². The average Bonchev–Trinajstić information content (AvgIpc) is 3.46. The molecular weight excluding hydrogens is 695 g/mol. The molecule has 4 heterocycles. The predicted octanol–water partition coefficient (Wildman–Crippen LogP) is 6.90. The summed E-state index contributed by atoms with van der Waals surface area (Å²) in [6, 6.07) is 8.43. The van der Waals surface area contributed by atoms with Crippen LogP contribution in [0.5, 0.6) is 0 Å². The van der Waals surface area contributed by atoms with E-state index in [1.807, 2.05) is 34.1 Å². The topological polar surface area (TPSA) is 62.9 Å². The third-order valence-electron chi connectivity index (χ3n) is 9.88. The van der Waals surface area contributed by atoms with Crippen LogP contribution in [-0.2, 0) is 23.6 Å². The number of alkyl halides is 6. The molecule has 2 amide bonds. The number of rotatable bonds is 6. The fraction of sp³-hybridized carbons (Fsp3) is 0.529. The van der Waals surface area contributed by atoms with Gasteiger partial charge in [0.05, 0.1) is 17.7 Å². The first kappa shape index (κ1) is 38.8. The van der Waals surface area contributed by atoms with Gasteiger partial charge in [0.2, 0.25) is 5.91 Å². The maximum atomic E-state index is 13.8. The lowest BCUT2D eigenvalue weighted by Crippen LogP contribution is -2.58. The fourth-order valence-electron chi connectivity index (χ4n) is 7.36. The summed E-state index contributed by atoms with van der Waals surface area (Å²) in [6.07, 6.45) is -2.50. The van der Waals surface area contributed by atoms with E-state index in [0.29, 0.717) is 37.7 Å². The van der Waals surface area contributed by atoms with Crippen LogP contribution in [0.2, 0.25) is 0 Å². The second-order valence-corrected chi connectivity index (χ2v) is 13.0. The summed E-state index contributed by atoms with van der Waals surface area (Å²) in [4.78, 5) is 38.1. The molecule has 2 aromatic carbocycles. The summed E-state index contributed by atoms with van der Waals surface area (Å²) >= 11 is 0. The predicted molar refractivity (Wildman–Crippen MR) is 179 cm³/mol. The summed E-state index contributed by atoms with van der Waals surface area (Å²) in [7, 11) is 0. The standard InChI is InChI=1S/C34H39F6N5O2.2ClH/c35-33(36,37)25-16-23(17-26(19-25)34(38,39)40)32(47)45-15-14-42(21-28(45)18-24-20-41-30-7-3-2-6-29(24)30)22-31(46)44-12-8-27(9-13-44)43-10-4-1-5-11-43;;/h2-3,6-7,16-17,19-20,27-28,41H,1,4-5,8-15,18,21-22H2;2*1H. The van der Waals surface area contributed by atoms with Crippen LogP contribution in [0.15, 0.2) is 48.7 Å². The van der Waals surface area contributed by atoms with Crippen molar-refractivity contribution in [3.63, 3.8) is 0 Å².